The summed E-state index contributed by atoms with van der Waals surface area (Å²) in [6, 6.07) is 8.37. The van der Waals surface area contributed by atoms with Gasteiger partial charge in [-0.3, -0.25) is 4.98 Å². The Morgan fingerprint density at radius 2 is 2.00 bits per heavy atom. The number of carbonyl (C=O) groups is 1. The summed E-state index contributed by atoms with van der Waals surface area (Å²) in [5, 5.41) is 1.17. The molecule has 1 aliphatic rings. The van der Waals surface area contributed by atoms with Crippen molar-refractivity contribution in [2.75, 3.05) is 37.7 Å². The van der Waals surface area contributed by atoms with E-state index in [2.05, 4.69) is 41.1 Å². The number of benzene rings is 1. The highest BCUT2D eigenvalue weighted by Gasteiger charge is 2.23. The van der Waals surface area contributed by atoms with Crippen LogP contribution in [0.4, 0.5) is 10.5 Å². The average Bonchev–Trinajstić information content (AvgIpc) is 2.54. The van der Waals surface area contributed by atoms with E-state index in [9.17, 15) is 4.79 Å². The first-order valence-electron chi connectivity index (χ1n) is 7.71. The normalized spacial score (nSPS) is 15.2. The van der Waals surface area contributed by atoms with Crippen molar-refractivity contribution in [3.05, 3.63) is 36.0 Å². The molecule has 0 spiro atoms. The first-order chi connectivity index (χ1) is 10.7. The highest BCUT2D eigenvalue weighted by Crippen LogP contribution is 2.27. The van der Waals surface area contributed by atoms with Crippen LogP contribution in [-0.4, -0.2) is 48.8 Å². The molecule has 5 heteroatoms. The number of aryl methyl sites for hydroxylation is 1. The Bertz CT molecular complexity index is 679. The van der Waals surface area contributed by atoms with Gasteiger partial charge in [0.15, 0.2) is 0 Å². The number of hydrogen-bond donors (Lipinski definition) is 0. The zero-order chi connectivity index (χ0) is 15.5. The molecule has 0 atom stereocenters. The standard InChI is InChI=1S/C17H21N3O2/c1-3-22-17(21)20-10-8-19(9-11-20)16-6-7-18-15-5-4-13(2)12-14(15)16/h4-7,12H,3,8-11H2,1-2H3. The topological polar surface area (TPSA) is 45.7 Å². The minimum atomic E-state index is -0.211. The number of piperazine rings is 1. The molecule has 1 fully saturated rings. The molecule has 1 amide bonds. The molecular formula is C17H21N3O2. The zero-order valence-corrected chi connectivity index (χ0v) is 13.1. The minimum Gasteiger partial charge on any atom is -0.450 e. The molecule has 1 saturated heterocycles. The van der Waals surface area contributed by atoms with Gasteiger partial charge in [0, 0.05) is 43.4 Å². The van der Waals surface area contributed by atoms with Crippen LogP contribution in [0.15, 0.2) is 30.5 Å². The lowest BCUT2D eigenvalue weighted by Crippen LogP contribution is -2.49. The molecule has 3 rings (SSSR count). The van der Waals surface area contributed by atoms with Crippen molar-refractivity contribution in [1.82, 2.24) is 9.88 Å². The highest BCUT2D eigenvalue weighted by atomic mass is 16.6. The summed E-state index contributed by atoms with van der Waals surface area (Å²) in [5.41, 5.74) is 3.43. The molecule has 1 aliphatic heterocycles. The summed E-state index contributed by atoms with van der Waals surface area (Å²) in [5.74, 6) is 0. The fourth-order valence-corrected chi connectivity index (χ4v) is 2.87. The molecule has 1 aromatic heterocycles. The van der Waals surface area contributed by atoms with E-state index in [0.29, 0.717) is 19.7 Å². The Hall–Kier alpha value is -2.30. The van der Waals surface area contributed by atoms with Crippen molar-refractivity contribution in [1.29, 1.82) is 0 Å². The minimum absolute atomic E-state index is 0.211. The van der Waals surface area contributed by atoms with Crippen LogP contribution in [0, 0.1) is 6.92 Å². The first-order valence-corrected chi connectivity index (χ1v) is 7.71. The Morgan fingerprint density at radius 1 is 1.23 bits per heavy atom. The number of aromatic nitrogens is 1. The summed E-state index contributed by atoms with van der Waals surface area (Å²) in [7, 11) is 0. The molecule has 2 heterocycles. The number of nitrogens with zero attached hydrogens (tertiary/aromatic N) is 3. The third kappa shape index (κ3) is 2.84. The Labute approximate surface area is 130 Å². The number of ether oxygens (including phenoxy) is 1. The van der Waals surface area contributed by atoms with Crippen LogP contribution in [-0.2, 0) is 4.74 Å². The zero-order valence-electron chi connectivity index (χ0n) is 13.1. The second-order valence-electron chi connectivity index (χ2n) is 5.52. The molecule has 5 nitrogen and oxygen atoms in total. The number of rotatable bonds is 2. The van der Waals surface area contributed by atoms with Crippen molar-refractivity contribution >= 4 is 22.7 Å². The lowest BCUT2D eigenvalue weighted by Gasteiger charge is -2.35. The van der Waals surface area contributed by atoms with Crippen LogP contribution in [0.5, 0.6) is 0 Å². The van der Waals surface area contributed by atoms with Crippen molar-refractivity contribution in [2.24, 2.45) is 0 Å². The van der Waals surface area contributed by atoms with Crippen molar-refractivity contribution in [2.45, 2.75) is 13.8 Å². The van der Waals surface area contributed by atoms with Gasteiger partial charge >= 0.3 is 6.09 Å². The number of pyridine rings is 1. The van der Waals surface area contributed by atoms with Gasteiger partial charge in [0.2, 0.25) is 0 Å². The van der Waals surface area contributed by atoms with Crippen LogP contribution >= 0.6 is 0 Å². The van der Waals surface area contributed by atoms with Gasteiger partial charge in [0.1, 0.15) is 0 Å². The maximum absolute atomic E-state index is 11.8. The van der Waals surface area contributed by atoms with E-state index in [1.165, 1.54) is 16.6 Å². The molecular weight excluding hydrogens is 278 g/mol. The maximum atomic E-state index is 11.8. The van der Waals surface area contributed by atoms with Gasteiger partial charge in [-0.2, -0.15) is 0 Å². The monoisotopic (exact) mass is 299 g/mol. The number of hydrogen-bond acceptors (Lipinski definition) is 4. The molecule has 2 aromatic rings. The van der Waals surface area contributed by atoms with Gasteiger partial charge in [-0.05, 0) is 32.0 Å². The van der Waals surface area contributed by atoms with E-state index in [4.69, 9.17) is 4.74 Å². The summed E-state index contributed by atoms with van der Waals surface area (Å²) < 4.78 is 5.07. The third-order valence-electron chi connectivity index (χ3n) is 4.02. The van der Waals surface area contributed by atoms with Crippen molar-refractivity contribution in [3.63, 3.8) is 0 Å². The second kappa shape index (κ2) is 6.22. The SMILES string of the molecule is CCOC(=O)N1CCN(c2ccnc3ccc(C)cc23)CC1. The summed E-state index contributed by atoms with van der Waals surface area (Å²) in [4.78, 5) is 20.3. The van der Waals surface area contributed by atoms with Crippen LogP contribution in [0.1, 0.15) is 12.5 Å². The van der Waals surface area contributed by atoms with Crippen LogP contribution in [0.3, 0.4) is 0 Å². The predicted molar refractivity (Wildman–Crippen MR) is 87.3 cm³/mol. The summed E-state index contributed by atoms with van der Waals surface area (Å²) >= 11 is 0. The molecule has 0 radical (unpaired) electrons. The van der Waals surface area contributed by atoms with Crippen molar-refractivity contribution < 1.29 is 9.53 Å². The predicted octanol–water partition coefficient (Wildman–Crippen LogP) is 2.82. The van der Waals surface area contributed by atoms with Gasteiger partial charge < -0.3 is 14.5 Å². The van der Waals surface area contributed by atoms with E-state index in [1.54, 1.807) is 4.90 Å². The molecule has 116 valence electrons. The molecule has 0 unspecified atom stereocenters. The van der Waals surface area contributed by atoms with E-state index < -0.39 is 0 Å². The van der Waals surface area contributed by atoms with Gasteiger partial charge in [-0.25, -0.2) is 4.79 Å². The van der Waals surface area contributed by atoms with Crippen LogP contribution in [0.25, 0.3) is 10.9 Å². The first kappa shape index (κ1) is 14.6. The second-order valence-corrected chi connectivity index (χ2v) is 5.52. The number of anilines is 1. The van der Waals surface area contributed by atoms with Gasteiger partial charge in [-0.1, -0.05) is 11.6 Å². The number of fused-ring (bicyclic) bond motifs is 1. The average molecular weight is 299 g/mol. The fraction of sp³-hybridized carbons (Fsp3) is 0.412. The molecule has 1 aromatic carbocycles. The van der Waals surface area contributed by atoms with E-state index >= 15 is 0 Å². The van der Waals surface area contributed by atoms with Gasteiger partial charge in [0.05, 0.1) is 12.1 Å². The molecule has 0 saturated carbocycles. The smallest absolute Gasteiger partial charge is 0.409 e. The van der Waals surface area contributed by atoms with E-state index in [1.807, 2.05) is 13.1 Å². The Morgan fingerprint density at radius 3 is 2.73 bits per heavy atom. The molecule has 0 aliphatic carbocycles. The lowest BCUT2D eigenvalue weighted by atomic mass is 10.1. The van der Waals surface area contributed by atoms with Gasteiger partial charge in [0.25, 0.3) is 0 Å². The maximum Gasteiger partial charge on any atom is 0.409 e. The number of amides is 1. The fourth-order valence-electron chi connectivity index (χ4n) is 2.87. The Kier molecular flexibility index (Phi) is 4.13. The largest absolute Gasteiger partial charge is 0.450 e. The summed E-state index contributed by atoms with van der Waals surface area (Å²) in [6.45, 7) is 7.35. The molecule has 22 heavy (non-hydrogen) atoms. The highest BCUT2D eigenvalue weighted by molar-refractivity contribution is 5.92. The van der Waals surface area contributed by atoms with Crippen LogP contribution < -0.4 is 4.90 Å². The van der Waals surface area contributed by atoms with E-state index in [0.717, 1.165) is 18.6 Å². The molecule has 0 N–H and O–H groups in total. The van der Waals surface area contributed by atoms with Gasteiger partial charge in [-0.15, -0.1) is 0 Å². The summed E-state index contributed by atoms with van der Waals surface area (Å²) in [6.07, 6.45) is 1.64. The number of carbonyl (C=O) groups excluding carboxylic acids is 1. The Balaban J connectivity index is 1.79. The van der Waals surface area contributed by atoms with E-state index in [-0.39, 0.29) is 6.09 Å². The third-order valence-corrected chi connectivity index (χ3v) is 4.02. The van der Waals surface area contributed by atoms with Crippen molar-refractivity contribution in [3.8, 4) is 0 Å². The molecule has 0 bridgehead atoms. The quantitative estimate of drug-likeness (QED) is 0.855. The lowest BCUT2D eigenvalue weighted by molar-refractivity contribution is 0.105. The van der Waals surface area contributed by atoms with Crippen LogP contribution in [0.2, 0.25) is 0 Å².